The van der Waals surface area contributed by atoms with Gasteiger partial charge in [-0.1, -0.05) is 17.7 Å². The average Bonchev–Trinajstić information content (AvgIpc) is 2.27. The van der Waals surface area contributed by atoms with E-state index < -0.39 is 5.51 Å². The largest absolute Gasteiger partial charge is 0.492 e. The molecule has 0 aliphatic heterocycles. The molecule has 108 valence electrons. The maximum Gasteiger partial charge on any atom is 0.441 e. The number of nitrogens with two attached hydrogens (primary N) is 1. The predicted molar refractivity (Wildman–Crippen MR) is 72.8 cm³/mol. The second-order valence-electron chi connectivity index (χ2n) is 4.04. The summed E-state index contributed by atoms with van der Waals surface area (Å²) in [6.45, 7) is 1.79. The molecule has 2 nitrogen and oxygen atoms in total. The first-order chi connectivity index (χ1) is 8.79. The summed E-state index contributed by atoms with van der Waals surface area (Å²) in [5.41, 5.74) is 2.21. The molecule has 0 amide bonds. The molecule has 0 saturated carbocycles. The van der Waals surface area contributed by atoms with Crippen LogP contribution in [0.25, 0.3) is 0 Å². The van der Waals surface area contributed by atoms with E-state index in [9.17, 15) is 13.2 Å². The number of rotatable bonds is 6. The Morgan fingerprint density at radius 2 is 2.11 bits per heavy atom. The van der Waals surface area contributed by atoms with Crippen molar-refractivity contribution in [3.63, 3.8) is 0 Å². The lowest BCUT2D eigenvalue weighted by molar-refractivity contribution is -0.0329. The molecule has 0 aliphatic rings. The van der Waals surface area contributed by atoms with Crippen LogP contribution in [0.2, 0.25) is 5.02 Å². The van der Waals surface area contributed by atoms with Gasteiger partial charge in [-0.3, -0.25) is 0 Å². The Kier molecular flexibility index (Phi) is 6.29. The molecule has 0 heterocycles. The second-order valence-corrected chi connectivity index (χ2v) is 5.61. The maximum atomic E-state index is 12.0. The van der Waals surface area contributed by atoms with Gasteiger partial charge in [-0.2, -0.15) is 13.2 Å². The molecular formula is C12H15ClF3NOS. The molecule has 0 aromatic heterocycles. The van der Waals surface area contributed by atoms with Gasteiger partial charge in [0, 0.05) is 22.4 Å². The molecule has 7 heteroatoms. The molecule has 2 N–H and O–H groups in total. The van der Waals surface area contributed by atoms with Gasteiger partial charge in [-0.25, -0.2) is 0 Å². The van der Waals surface area contributed by atoms with Gasteiger partial charge in [0.2, 0.25) is 0 Å². The summed E-state index contributed by atoms with van der Waals surface area (Å²) in [7, 11) is 0. The van der Waals surface area contributed by atoms with Crippen LogP contribution < -0.4 is 10.5 Å². The Bertz CT molecular complexity index is 412. The Morgan fingerprint density at radius 3 is 2.68 bits per heavy atom. The number of thioether (sulfide) groups is 1. The highest BCUT2D eigenvalue weighted by molar-refractivity contribution is 8.00. The van der Waals surface area contributed by atoms with Gasteiger partial charge in [0.05, 0.1) is 6.61 Å². The zero-order chi connectivity index (χ0) is 14.5. The van der Waals surface area contributed by atoms with E-state index in [1.807, 2.05) is 6.92 Å². The van der Waals surface area contributed by atoms with Crippen molar-refractivity contribution >= 4 is 23.4 Å². The van der Waals surface area contributed by atoms with Crippen molar-refractivity contribution in [1.29, 1.82) is 0 Å². The molecule has 0 spiro atoms. The number of alkyl halides is 3. The first-order valence-corrected chi connectivity index (χ1v) is 7.02. The first-order valence-electron chi connectivity index (χ1n) is 5.66. The van der Waals surface area contributed by atoms with Crippen LogP contribution in [-0.2, 0) is 6.42 Å². The number of hydrogen-bond donors (Lipinski definition) is 1. The smallest absolute Gasteiger partial charge is 0.441 e. The molecule has 0 fully saturated rings. The summed E-state index contributed by atoms with van der Waals surface area (Å²) < 4.78 is 41.3. The number of halogens is 4. The summed E-state index contributed by atoms with van der Waals surface area (Å²) in [5.74, 6) is 0.334. The minimum Gasteiger partial charge on any atom is -0.492 e. The lowest BCUT2D eigenvalue weighted by Crippen LogP contribution is -2.19. The van der Waals surface area contributed by atoms with E-state index in [0.29, 0.717) is 17.2 Å². The Balaban J connectivity index is 2.60. The minimum absolute atomic E-state index is 0.0313. The van der Waals surface area contributed by atoms with Crippen LogP contribution in [-0.4, -0.2) is 23.9 Å². The lowest BCUT2D eigenvalue weighted by atomic mass is 10.1. The molecule has 1 rings (SSSR count). The summed E-state index contributed by atoms with van der Waals surface area (Å²) in [5, 5.41) is 0.512. The standard InChI is InChI=1S/C12H15ClF3NOS/c1-8(17)7-9-10(13)3-2-4-11(9)18-5-6-19-12(14,15)16/h2-4,8H,5-7,17H2,1H3. The maximum absolute atomic E-state index is 12.0. The van der Waals surface area contributed by atoms with Crippen LogP contribution in [0.1, 0.15) is 12.5 Å². The van der Waals surface area contributed by atoms with Crippen molar-refractivity contribution in [3.8, 4) is 5.75 Å². The van der Waals surface area contributed by atoms with Crippen LogP contribution in [0.15, 0.2) is 18.2 Å². The molecule has 0 saturated heterocycles. The van der Waals surface area contributed by atoms with E-state index in [2.05, 4.69) is 0 Å². The summed E-state index contributed by atoms with van der Waals surface area (Å²) >= 11 is 5.93. The molecular weight excluding hydrogens is 299 g/mol. The van der Waals surface area contributed by atoms with Gasteiger partial charge >= 0.3 is 5.51 Å². The lowest BCUT2D eigenvalue weighted by Gasteiger charge is -2.14. The van der Waals surface area contributed by atoms with Crippen molar-refractivity contribution in [2.45, 2.75) is 24.9 Å². The van der Waals surface area contributed by atoms with E-state index in [1.54, 1.807) is 18.2 Å². The fraction of sp³-hybridized carbons (Fsp3) is 0.500. The highest BCUT2D eigenvalue weighted by atomic mass is 35.5. The first kappa shape index (κ1) is 16.5. The normalized spacial score (nSPS) is 13.4. The van der Waals surface area contributed by atoms with E-state index in [0.717, 1.165) is 5.56 Å². The molecule has 0 radical (unpaired) electrons. The molecule has 1 atom stereocenters. The molecule has 0 aliphatic carbocycles. The number of benzene rings is 1. The third-order valence-corrected chi connectivity index (χ3v) is 3.26. The van der Waals surface area contributed by atoms with Gasteiger partial charge in [0.1, 0.15) is 5.75 Å². The third kappa shape index (κ3) is 6.40. The summed E-state index contributed by atoms with van der Waals surface area (Å²) in [4.78, 5) is 0. The summed E-state index contributed by atoms with van der Waals surface area (Å²) in [6, 6.07) is 4.98. The van der Waals surface area contributed by atoms with E-state index >= 15 is 0 Å². The SMILES string of the molecule is CC(N)Cc1c(Cl)cccc1OCCSC(F)(F)F. The molecule has 1 aromatic rings. The number of hydrogen-bond acceptors (Lipinski definition) is 3. The Hall–Kier alpha value is -0.590. The van der Waals surface area contributed by atoms with E-state index in [1.165, 1.54) is 0 Å². The fourth-order valence-electron chi connectivity index (χ4n) is 1.50. The van der Waals surface area contributed by atoms with Gasteiger partial charge in [-0.05, 0) is 37.2 Å². The van der Waals surface area contributed by atoms with E-state index in [4.69, 9.17) is 22.1 Å². The Morgan fingerprint density at radius 1 is 1.42 bits per heavy atom. The van der Waals surface area contributed by atoms with Gasteiger partial charge in [-0.15, -0.1) is 0 Å². The monoisotopic (exact) mass is 313 g/mol. The molecule has 1 aromatic carbocycles. The van der Waals surface area contributed by atoms with Gasteiger partial charge in [0.25, 0.3) is 0 Å². The van der Waals surface area contributed by atoms with Gasteiger partial charge < -0.3 is 10.5 Å². The highest BCUT2D eigenvalue weighted by Gasteiger charge is 2.27. The highest BCUT2D eigenvalue weighted by Crippen LogP contribution is 2.31. The van der Waals surface area contributed by atoms with Crippen LogP contribution in [0, 0.1) is 0 Å². The van der Waals surface area contributed by atoms with Gasteiger partial charge in [0.15, 0.2) is 0 Å². The second kappa shape index (κ2) is 7.26. The van der Waals surface area contributed by atoms with E-state index in [-0.39, 0.29) is 30.2 Å². The van der Waals surface area contributed by atoms with Crippen LogP contribution in [0.5, 0.6) is 5.75 Å². The van der Waals surface area contributed by atoms with Crippen LogP contribution in [0.4, 0.5) is 13.2 Å². The minimum atomic E-state index is -4.23. The van der Waals surface area contributed by atoms with Crippen LogP contribution in [0.3, 0.4) is 0 Å². The fourth-order valence-corrected chi connectivity index (χ4v) is 2.14. The third-order valence-electron chi connectivity index (χ3n) is 2.21. The van der Waals surface area contributed by atoms with Crippen molar-refractivity contribution in [2.75, 3.05) is 12.4 Å². The predicted octanol–water partition coefficient (Wildman–Crippen LogP) is 3.86. The summed E-state index contributed by atoms with van der Waals surface area (Å²) in [6.07, 6.45) is 0.515. The van der Waals surface area contributed by atoms with Crippen molar-refractivity contribution in [1.82, 2.24) is 0 Å². The average molecular weight is 314 g/mol. The topological polar surface area (TPSA) is 35.2 Å². The van der Waals surface area contributed by atoms with Crippen molar-refractivity contribution in [3.05, 3.63) is 28.8 Å². The molecule has 0 bridgehead atoms. The molecule has 1 unspecified atom stereocenters. The molecule has 19 heavy (non-hydrogen) atoms. The zero-order valence-electron chi connectivity index (χ0n) is 10.3. The van der Waals surface area contributed by atoms with Crippen molar-refractivity contribution < 1.29 is 17.9 Å². The zero-order valence-corrected chi connectivity index (χ0v) is 11.9. The van der Waals surface area contributed by atoms with Crippen LogP contribution >= 0.6 is 23.4 Å². The quantitative estimate of drug-likeness (QED) is 0.810. The number of ether oxygens (including phenoxy) is 1. The Labute approximate surface area is 119 Å². The van der Waals surface area contributed by atoms with Crippen molar-refractivity contribution in [2.24, 2.45) is 5.73 Å².